The van der Waals surface area contributed by atoms with Crippen molar-refractivity contribution < 1.29 is 0 Å². The van der Waals surface area contributed by atoms with Crippen molar-refractivity contribution in [3.63, 3.8) is 0 Å². The molecule has 1 aromatic heterocycles. The summed E-state index contributed by atoms with van der Waals surface area (Å²) in [5, 5.41) is 12.0. The van der Waals surface area contributed by atoms with E-state index in [2.05, 4.69) is 15.3 Å². The first-order valence-electron chi connectivity index (χ1n) is 5.01. The Morgan fingerprint density at radius 3 is 2.93 bits per heavy atom. The smallest absolute Gasteiger partial charge is 0.185 e. The third-order valence-electron chi connectivity index (χ3n) is 2.60. The maximum Gasteiger partial charge on any atom is 0.185 e. The molecule has 0 spiro atoms. The predicted octanol–water partition coefficient (Wildman–Crippen LogP) is 1.36. The maximum absolute atomic E-state index is 8.71. The minimum absolute atomic E-state index is 0.542. The van der Waals surface area contributed by atoms with Gasteiger partial charge in [-0.05, 0) is 19.3 Å². The normalized spacial score (nSPS) is 15.2. The SMILES string of the molecule is CN(C#N)c1cc(NC2CCC2)ncn1. The van der Waals surface area contributed by atoms with Crippen molar-refractivity contribution in [1.29, 1.82) is 5.26 Å². The first-order valence-corrected chi connectivity index (χ1v) is 5.01. The second kappa shape index (κ2) is 4.13. The number of aromatic nitrogens is 2. The van der Waals surface area contributed by atoms with Crippen molar-refractivity contribution in [2.75, 3.05) is 17.3 Å². The zero-order chi connectivity index (χ0) is 10.7. The number of hydrogen-bond donors (Lipinski definition) is 1. The van der Waals surface area contributed by atoms with Crippen LogP contribution in [0.3, 0.4) is 0 Å². The Morgan fingerprint density at radius 1 is 1.53 bits per heavy atom. The van der Waals surface area contributed by atoms with Gasteiger partial charge in [-0.25, -0.2) is 9.97 Å². The molecule has 78 valence electrons. The standard InChI is InChI=1S/C10H13N5/c1-15(6-11)10-5-9(12-7-13-10)14-8-3-2-4-8/h5,7-8H,2-4H2,1H3,(H,12,13,14). The zero-order valence-electron chi connectivity index (χ0n) is 8.64. The van der Waals surface area contributed by atoms with Crippen molar-refractivity contribution in [1.82, 2.24) is 9.97 Å². The molecule has 1 saturated carbocycles. The summed E-state index contributed by atoms with van der Waals surface area (Å²) < 4.78 is 0. The number of nitrogens with one attached hydrogen (secondary N) is 1. The van der Waals surface area contributed by atoms with Crippen LogP contribution in [0.25, 0.3) is 0 Å². The molecule has 0 saturated heterocycles. The lowest BCUT2D eigenvalue weighted by Gasteiger charge is -2.26. The molecule has 0 atom stereocenters. The number of hydrogen-bond acceptors (Lipinski definition) is 5. The van der Waals surface area contributed by atoms with Gasteiger partial charge in [-0.2, -0.15) is 5.26 Å². The molecular formula is C10H13N5. The first-order chi connectivity index (χ1) is 7.29. The van der Waals surface area contributed by atoms with Crippen LogP contribution in [-0.4, -0.2) is 23.1 Å². The van der Waals surface area contributed by atoms with Gasteiger partial charge in [0.15, 0.2) is 6.19 Å². The van der Waals surface area contributed by atoms with Crippen LogP contribution in [-0.2, 0) is 0 Å². The molecule has 0 bridgehead atoms. The van der Waals surface area contributed by atoms with Gasteiger partial charge in [-0.3, -0.25) is 4.90 Å². The zero-order valence-corrected chi connectivity index (χ0v) is 8.64. The lowest BCUT2D eigenvalue weighted by atomic mass is 9.93. The maximum atomic E-state index is 8.71. The molecule has 1 aliphatic rings. The van der Waals surface area contributed by atoms with Crippen LogP contribution in [0.15, 0.2) is 12.4 Å². The van der Waals surface area contributed by atoms with Gasteiger partial charge < -0.3 is 5.32 Å². The predicted molar refractivity (Wildman–Crippen MR) is 57.3 cm³/mol. The van der Waals surface area contributed by atoms with Gasteiger partial charge in [0.05, 0.1) is 0 Å². The first kappa shape index (κ1) is 9.71. The van der Waals surface area contributed by atoms with E-state index in [-0.39, 0.29) is 0 Å². The van der Waals surface area contributed by atoms with E-state index in [4.69, 9.17) is 5.26 Å². The quantitative estimate of drug-likeness (QED) is 0.593. The minimum atomic E-state index is 0.542. The largest absolute Gasteiger partial charge is 0.367 e. The Bertz CT molecular complexity index is 380. The molecule has 5 nitrogen and oxygen atoms in total. The van der Waals surface area contributed by atoms with Crippen LogP contribution in [0.2, 0.25) is 0 Å². The fraction of sp³-hybridized carbons (Fsp3) is 0.500. The third kappa shape index (κ3) is 2.15. The molecule has 1 N–H and O–H groups in total. The van der Waals surface area contributed by atoms with Crippen LogP contribution in [0.1, 0.15) is 19.3 Å². The van der Waals surface area contributed by atoms with Gasteiger partial charge in [0, 0.05) is 19.2 Å². The van der Waals surface area contributed by atoms with Crippen molar-refractivity contribution in [3.05, 3.63) is 12.4 Å². The van der Waals surface area contributed by atoms with E-state index in [0.717, 1.165) is 5.82 Å². The van der Waals surface area contributed by atoms with Gasteiger partial charge in [-0.15, -0.1) is 0 Å². The van der Waals surface area contributed by atoms with Gasteiger partial charge in [0.2, 0.25) is 0 Å². The fourth-order valence-electron chi connectivity index (χ4n) is 1.42. The van der Waals surface area contributed by atoms with E-state index in [1.54, 1.807) is 13.1 Å². The summed E-state index contributed by atoms with van der Waals surface area (Å²) in [5.41, 5.74) is 0. The Morgan fingerprint density at radius 2 is 2.33 bits per heavy atom. The molecule has 1 aliphatic carbocycles. The summed E-state index contributed by atoms with van der Waals surface area (Å²) in [7, 11) is 1.68. The topological polar surface area (TPSA) is 64.8 Å². The van der Waals surface area contributed by atoms with Gasteiger partial charge >= 0.3 is 0 Å². The monoisotopic (exact) mass is 203 g/mol. The molecule has 1 fully saturated rings. The van der Waals surface area contributed by atoms with Crippen molar-refractivity contribution in [3.8, 4) is 6.19 Å². The highest BCUT2D eigenvalue weighted by Crippen LogP contribution is 2.23. The molecule has 2 rings (SSSR count). The summed E-state index contributed by atoms with van der Waals surface area (Å²) in [6.45, 7) is 0. The molecule has 0 unspecified atom stereocenters. The Hall–Kier alpha value is -1.83. The highest BCUT2D eigenvalue weighted by molar-refractivity contribution is 5.50. The summed E-state index contributed by atoms with van der Waals surface area (Å²) >= 11 is 0. The van der Waals surface area contributed by atoms with E-state index < -0.39 is 0 Å². The van der Waals surface area contributed by atoms with E-state index >= 15 is 0 Å². The molecule has 0 radical (unpaired) electrons. The second-order valence-electron chi connectivity index (χ2n) is 3.69. The summed E-state index contributed by atoms with van der Waals surface area (Å²) in [4.78, 5) is 9.54. The van der Waals surface area contributed by atoms with E-state index in [9.17, 15) is 0 Å². The van der Waals surface area contributed by atoms with Crippen LogP contribution < -0.4 is 10.2 Å². The van der Waals surface area contributed by atoms with E-state index in [1.165, 1.54) is 30.5 Å². The average Bonchev–Trinajstić information content (AvgIpc) is 2.23. The number of anilines is 2. The lowest BCUT2D eigenvalue weighted by Crippen LogP contribution is -2.27. The van der Waals surface area contributed by atoms with Gasteiger partial charge in [0.1, 0.15) is 18.0 Å². The Balaban J connectivity index is 2.08. The van der Waals surface area contributed by atoms with Crippen molar-refractivity contribution >= 4 is 11.6 Å². The fourth-order valence-corrected chi connectivity index (χ4v) is 1.42. The van der Waals surface area contributed by atoms with Crippen LogP contribution in [0.5, 0.6) is 0 Å². The number of rotatable bonds is 3. The third-order valence-corrected chi connectivity index (χ3v) is 2.60. The lowest BCUT2D eigenvalue weighted by molar-refractivity contribution is 0.444. The molecule has 0 amide bonds. The number of nitrogens with zero attached hydrogens (tertiary/aromatic N) is 4. The summed E-state index contributed by atoms with van der Waals surface area (Å²) in [5.74, 6) is 1.42. The highest BCUT2D eigenvalue weighted by atomic mass is 15.2. The molecular weight excluding hydrogens is 190 g/mol. The second-order valence-corrected chi connectivity index (χ2v) is 3.69. The molecule has 15 heavy (non-hydrogen) atoms. The minimum Gasteiger partial charge on any atom is -0.367 e. The molecule has 0 aliphatic heterocycles. The Labute approximate surface area is 88.8 Å². The molecule has 5 heteroatoms. The van der Waals surface area contributed by atoms with E-state index in [1.807, 2.05) is 6.19 Å². The van der Waals surface area contributed by atoms with Crippen LogP contribution in [0.4, 0.5) is 11.6 Å². The van der Waals surface area contributed by atoms with E-state index in [0.29, 0.717) is 11.9 Å². The highest BCUT2D eigenvalue weighted by Gasteiger charge is 2.17. The van der Waals surface area contributed by atoms with Gasteiger partial charge in [0.25, 0.3) is 0 Å². The molecule has 1 heterocycles. The van der Waals surface area contributed by atoms with Crippen molar-refractivity contribution in [2.24, 2.45) is 0 Å². The van der Waals surface area contributed by atoms with Gasteiger partial charge in [-0.1, -0.05) is 0 Å². The Kier molecular flexibility index (Phi) is 2.68. The van der Waals surface area contributed by atoms with Crippen molar-refractivity contribution in [2.45, 2.75) is 25.3 Å². The molecule has 1 aromatic rings. The van der Waals surface area contributed by atoms with Crippen LogP contribution in [0, 0.1) is 11.5 Å². The average molecular weight is 203 g/mol. The summed E-state index contributed by atoms with van der Waals surface area (Å²) in [6.07, 6.45) is 7.17. The number of nitriles is 1. The van der Waals surface area contributed by atoms with Crippen LogP contribution >= 0.6 is 0 Å². The molecule has 0 aromatic carbocycles. The summed E-state index contributed by atoms with van der Waals surface area (Å²) in [6, 6.07) is 2.33.